The predicted octanol–water partition coefficient (Wildman–Crippen LogP) is 2.18. The van der Waals surface area contributed by atoms with Crippen LogP contribution in [0.2, 0.25) is 0 Å². The third-order valence-electron chi connectivity index (χ3n) is 2.15. The van der Waals surface area contributed by atoms with Crippen molar-refractivity contribution in [1.29, 1.82) is 0 Å². The first-order valence-corrected chi connectivity index (χ1v) is 5.79. The Morgan fingerprint density at radius 3 is 2.43 bits per heavy atom. The summed E-state index contributed by atoms with van der Waals surface area (Å²) in [6, 6.07) is 0. The zero-order chi connectivity index (χ0) is 10.6. The normalized spacial score (nSPS) is 10.8. The second-order valence-corrected chi connectivity index (χ2v) is 4.13. The van der Waals surface area contributed by atoms with E-state index in [0.29, 0.717) is 0 Å². The maximum atomic E-state index is 3.65. The molecule has 0 aromatic heterocycles. The van der Waals surface area contributed by atoms with E-state index in [9.17, 15) is 0 Å². The Morgan fingerprint density at radius 1 is 1.07 bits per heavy atom. The zero-order valence-electron chi connectivity index (χ0n) is 9.81. The molecule has 0 saturated heterocycles. The van der Waals surface area contributed by atoms with Gasteiger partial charge >= 0.3 is 0 Å². The molecule has 0 heterocycles. The predicted molar refractivity (Wildman–Crippen MR) is 64.6 cm³/mol. The Balaban J connectivity index is 2.88. The van der Waals surface area contributed by atoms with E-state index in [-0.39, 0.29) is 0 Å². The summed E-state index contributed by atoms with van der Waals surface area (Å²) in [7, 11) is 0. The van der Waals surface area contributed by atoms with E-state index < -0.39 is 0 Å². The lowest BCUT2D eigenvalue weighted by Gasteiger charge is -2.06. The van der Waals surface area contributed by atoms with Gasteiger partial charge in [0.15, 0.2) is 0 Å². The largest absolute Gasteiger partial charge is 0.315 e. The Kier molecular flexibility index (Phi) is 10.5. The highest BCUT2D eigenvalue weighted by Crippen LogP contribution is 2.04. The van der Waals surface area contributed by atoms with Gasteiger partial charge < -0.3 is 10.6 Å². The van der Waals surface area contributed by atoms with E-state index in [2.05, 4.69) is 31.1 Å². The molecule has 0 aliphatic heterocycles. The highest BCUT2D eigenvalue weighted by Gasteiger charge is 1.93. The molecule has 0 saturated carbocycles. The quantitative estimate of drug-likeness (QED) is 0.415. The maximum absolute atomic E-state index is 3.65. The molecule has 0 bridgehead atoms. The van der Waals surface area contributed by atoms with Crippen LogP contribution in [0, 0.1) is 5.92 Å². The van der Waals surface area contributed by atoms with Crippen LogP contribution in [0.25, 0.3) is 0 Å². The van der Waals surface area contributed by atoms with Crippen molar-refractivity contribution >= 4 is 0 Å². The van der Waals surface area contributed by atoms with Crippen LogP contribution >= 0.6 is 0 Å². The Morgan fingerprint density at radius 2 is 1.79 bits per heavy atom. The van der Waals surface area contributed by atoms with Gasteiger partial charge in [-0.2, -0.15) is 0 Å². The van der Waals surface area contributed by atoms with Gasteiger partial charge in [-0.1, -0.05) is 32.8 Å². The summed E-state index contributed by atoms with van der Waals surface area (Å²) in [4.78, 5) is 0. The third-order valence-corrected chi connectivity index (χ3v) is 2.15. The standard InChI is InChI=1S/C12H26N2/c1-4-8-13-10-11-14-9-6-5-7-12(2)3/h4,12-14H,1,5-11H2,2-3H3. The first-order valence-electron chi connectivity index (χ1n) is 5.79. The topological polar surface area (TPSA) is 24.1 Å². The van der Waals surface area contributed by atoms with Crippen molar-refractivity contribution in [1.82, 2.24) is 10.6 Å². The van der Waals surface area contributed by atoms with Crippen molar-refractivity contribution in [3.8, 4) is 0 Å². The maximum Gasteiger partial charge on any atom is 0.0132 e. The lowest BCUT2D eigenvalue weighted by molar-refractivity contribution is 0.518. The van der Waals surface area contributed by atoms with E-state index in [4.69, 9.17) is 0 Å². The smallest absolute Gasteiger partial charge is 0.0132 e. The fraction of sp³-hybridized carbons (Fsp3) is 0.833. The Hall–Kier alpha value is -0.340. The van der Waals surface area contributed by atoms with Gasteiger partial charge in [-0.05, 0) is 18.9 Å². The van der Waals surface area contributed by atoms with Crippen molar-refractivity contribution in [2.45, 2.75) is 33.1 Å². The van der Waals surface area contributed by atoms with Gasteiger partial charge in [0.25, 0.3) is 0 Å². The van der Waals surface area contributed by atoms with E-state index in [1.807, 2.05) is 6.08 Å². The molecule has 0 radical (unpaired) electrons. The molecule has 0 aromatic carbocycles. The third kappa shape index (κ3) is 11.7. The van der Waals surface area contributed by atoms with Gasteiger partial charge in [-0.25, -0.2) is 0 Å². The SMILES string of the molecule is C=CCNCCNCCCCC(C)C. The number of nitrogens with one attached hydrogen (secondary N) is 2. The minimum Gasteiger partial charge on any atom is -0.315 e. The lowest BCUT2D eigenvalue weighted by Crippen LogP contribution is -2.27. The molecule has 0 aliphatic carbocycles. The summed E-state index contributed by atoms with van der Waals surface area (Å²) in [6.45, 7) is 12.4. The summed E-state index contributed by atoms with van der Waals surface area (Å²) in [6.07, 6.45) is 5.91. The van der Waals surface area contributed by atoms with Gasteiger partial charge in [-0.3, -0.25) is 0 Å². The Labute approximate surface area is 89.2 Å². The van der Waals surface area contributed by atoms with Crippen molar-refractivity contribution in [3.05, 3.63) is 12.7 Å². The van der Waals surface area contributed by atoms with Crippen molar-refractivity contribution in [2.24, 2.45) is 5.92 Å². The summed E-state index contributed by atoms with van der Waals surface area (Å²) in [5.41, 5.74) is 0. The molecule has 0 rings (SSSR count). The minimum absolute atomic E-state index is 0.851. The van der Waals surface area contributed by atoms with Crippen molar-refractivity contribution < 1.29 is 0 Å². The fourth-order valence-electron chi connectivity index (χ4n) is 1.31. The minimum atomic E-state index is 0.851. The monoisotopic (exact) mass is 198 g/mol. The first-order chi connectivity index (χ1) is 6.77. The summed E-state index contributed by atoms with van der Waals surface area (Å²) in [5, 5.41) is 6.68. The summed E-state index contributed by atoms with van der Waals surface area (Å²) >= 11 is 0. The summed E-state index contributed by atoms with van der Waals surface area (Å²) in [5.74, 6) is 0.851. The van der Waals surface area contributed by atoms with Crippen LogP contribution in [-0.2, 0) is 0 Å². The molecule has 2 heteroatoms. The van der Waals surface area contributed by atoms with E-state index in [0.717, 1.165) is 32.1 Å². The Bertz CT molecular complexity index is 121. The van der Waals surface area contributed by atoms with Crippen molar-refractivity contribution in [3.63, 3.8) is 0 Å². The molecule has 84 valence electrons. The fourth-order valence-corrected chi connectivity index (χ4v) is 1.31. The van der Waals surface area contributed by atoms with E-state index in [1.165, 1.54) is 19.3 Å². The molecule has 0 aromatic rings. The van der Waals surface area contributed by atoms with Gasteiger partial charge in [0.2, 0.25) is 0 Å². The molecule has 0 amide bonds. The summed E-state index contributed by atoms with van der Waals surface area (Å²) < 4.78 is 0. The molecule has 14 heavy (non-hydrogen) atoms. The first kappa shape index (κ1) is 13.7. The highest BCUT2D eigenvalue weighted by molar-refractivity contribution is 4.69. The second kappa shape index (κ2) is 10.7. The molecular formula is C12H26N2. The van der Waals surface area contributed by atoms with Crippen LogP contribution < -0.4 is 10.6 Å². The van der Waals surface area contributed by atoms with Crippen LogP contribution in [0.3, 0.4) is 0 Å². The molecule has 0 aliphatic rings. The number of rotatable bonds is 10. The molecule has 0 fully saturated rings. The second-order valence-electron chi connectivity index (χ2n) is 4.13. The molecular weight excluding hydrogens is 172 g/mol. The van der Waals surface area contributed by atoms with E-state index in [1.54, 1.807) is 0 Å². The van der Waals surface area contributed by atoms with Crippen LogP contribution in [0.4, 0.5) is 0 Å². The molecule has 0 unspecified atom stereocenters. The van der Waals surface area contributed by atoms with Gasteiger partial charge in [0.05, 0.1) is 0 Å². The molecule has 2 nitrogen and oxygen atoms in total. The average molecular weight is 198 g/mol. The molecule has 0 atom stereocenters. The van der Waals surface area contributed by atoms with Crippen LogP contribution in [0.1, 0.15) is 33.1 Å². The lowest BCUT2D eigenvalue weighted by atomic mass is 10.1. The number of hydrogen-bond donors (Lipinski definition) is 2. The highest BCUT2D eigenvalue weighted by atomic mass is 14.9. The average Bonchev–Trinajstić information content (AvgIpc) is 2.15. The van der Waals surface area contributed by atoms with Crippen LogP contribution in [-0.4, -0.2) is 26.2 Å². The van der Waals surface area contributed by atoms with Gasteiger partial charge in [-0.15, -0.1) is 6.58 Å². The van der Waals surface area contributed by atoms with Crippen LogP contribution in [0.15, 0.2) is 12.7 Å². The molecule has 0 spiro atoms. The number of unbranched alkanes of at least 4 members (excludes halogenated alkanes) is 1. The van der Waals surface area contributed by atoms with Gasteiger partial charge in [0, 0.05) is 19.6 Å². The van der Waals surface area contributed by atoms with Crippen molar-refractivity contribution in [2.75, 3.05) is 26.2 Å². The van der Waals surface area contributed by atoms with Crippen LogP contribution in [0.5, 0.6) is 0 Å². The van der Waals surface area contributed by atoms with E-state index >= 15 is 0 Å². The zero-order valence-corrected chi connectivity index (χ0v) is 9.81. The van der Waals surface area contributed by atoms with Gasteiger partial charge in [0.1, 0.15) is 0 Å². The number of hydrogen-bond acceptors (Lipinski definition) is 2. The molecule has 2 N–H and O–H groups in total.